The van der Waals surface area contributed by atoms with E-state index in [1.165, 1.54) is 22.2 Å². The predicted octanol–water partition coefficient (Wildman–Crippen LogP) is 3.60. The van der Waals surface area contributed by atoms with Crippen molar-refractivity contribution in [2.24, 2.45) is 0 Å². The molecule has 0 saturated heterocycles. The molecule has 9 heteroatoms. The molecular formula is C20H13N3O5S. The maximum absolute atomic E-state index is 12.6. The minimum atomic E-state index is -0.572. The summed E-state index contributed by atoms with van der Waals surface area (Å²) in [6.45, 7) is -0.265. The number of hydrogen-bond acceptors (Lipinski definition) is 8. The summed E-state index contributed by atoms with van der Waals surface area (Å²) < 4.78 is 17.3. The quantitative estimate of drug-likeness (QED) is 0.410. The SMILES string of the molecule is O=C(Cn1cnc2c(oc3ccccc32)c1=O)OCc1csc(-c2ccco2)n1. The highest BCUT2D eigenvalue weighted by atomic mass is 32.1. The summed E-state index contributed by atoms with van der Waals surface area (Å²) in [5, 5.41) is 3.25. The fourth-order valence-electron chi connectivity index (χ4n) is 2.95. The van der Waals surface area contributed by atoms with Crippen molar-refractivity contribution in [3.05, 3.63) is 70.4 Å². The molecule has 0 saturated carbocycles. The third-order valence-electron chi connectivity index (χ3n) is 4.31. The van der Waals surface area contributed by atoms with Gasteiger partial charge in [-0.3, -0.25) is 14.2 Å². The van der Waals surface area contributed by atoms with E-state index in [1.807, 2.05) is 24.3 Å². The molecule has 144 valence electrons. The van der Waals surface area contributed by atoms with E-state index >= 15 is 0 Å². The van der Waals surface area contributed by atoms with Crippen molar-refractivity contribution >= 4 is 39.4 Å². The molecule has 0 aliphatic rings. The normalized spacial score (nSPS) is 11.3. The van der Waals surface area contributed by atoms with Crippen LogP contribution in [0.5, 0.6) is 0 Å². The van der Waals surface area contributed by atoms with Gasteiger partial charge in [0.1, 0.15) is 24.3 Å². The van der Waals surface area contributed by atoms with Crippen LogP contribution in [-0.2, 0) is 22.7 Å². The Balaban J connectivity index is 1.30. The molecule has 0 spiro atoms. The van der Waals surface area contributed by atoms with Gasteiger partial charge in [-0.25, -0.2) is 9.97 Å². The maximum Gasteiger partial charge on any atom is 0.326 e. The van der Waals surface area contributed by atoms with Crippen molar-refractivity contribution in [2.45, 2.75) is 13.2 Å². The van der Waals surface area contributed by atoms with Crippen molar-refractivity contribution in [3.63, 3.8) is 0 Å². The first-order valence-corrected chi connectivity index (χ1v) is 9.57. The number of rotatable bonds is 5. The van der Waals surface area contributed by atoms with Gasteiger partial charge in [-0.2, -0.15) is 0 Å². The zero-order valence-corrected chi connectivity index (χ0v) is 15.7. The van der Waals surface area contributed by atoms with E-state index in [2.05, 4.69) is 9.97 Å². The Kier molecular flexibility index (Phi) is 4.21. The highest BCUT2D eigenvalue weighted by Crippen LogP contribution is 2.25. The highest BCUT2D eigenvalue weighted by molar-refractivity contribution is 7.13. The molecule has 0 aliphatic carbocycles. The van der Waals surface area contributed by atoms with Crippen molar-refractivity contribution < 1.29 is 18.4 Å². The van der Waals surface area contributed by atoms with Crippen LogP contribution in [0.3, 0.4) is 0 Å². The number of thiazole rings is 1. The molecule has 5 aromatic rings. The summed E-state index contributed by atoms with van der Waals surface area (Å²) in [7, 11) is 0. The molecule has 0 unspecified atom stereocenters. The second kappa shape index (κ2) is 7.02. The van der Waals surface area contributed by atoms with Crippen LogP contribution in [-0.4, -0.2) is 20.5 Å². The zero-order valence-electron chi connectivity index (χ0n) is 14.9. The van der Waals surface area contributed by atoms with Gasteiger partial charge in [0.15, 0.2) is 10.8 Å². The molecule has 0 fully saturated rings. The molecule has 0 radical (unpaired) electrons. The number of ether oxygens (including phenoxy) is 1. The fourth-order valence-corrected chi connectivity index (χ4v) is 3.72. The number of esters is 1. The Hall–Kier alpha value is -3.72. The number of fused-ring (bicyclic) bond motifs is 3. The van der Waals surface area contributed by atoms with Crippen LogP contribution in [0.4, 0.5) is 0 Å². The predicted molar refractivity (Wildman–Crippen MR) is 105 cm³/mol. The first kappa shape index (κ1) is 17.4. The smallest absolute Gasteiger partial charge is 0.326 e. The molecule has 29 heavy (non-hydrogen) atoms. The highest BCUT2D eigenvalue weighted by Gasteiger charge is 2.15. The van der Waals surface area contributed by atoms with Crippen molar-refractivity contribution in [1.82, 2.24) is 14.5 Å². The number of para-hydroxylation sites is 1. The zero-order chi connectivity index (χ0) is 19.8. The van der Waals surface area contributed by atoms with Crippen LogP contribution in [0.15, 0.2) is 68.0 Å². The van der Waals surface area contributed by atoms with E-state index in [-0.39, 0.29) is 18.7 Å². The van der Waals surface area contributed by atoms with Crippen molar-refractivity contribution in [3.8, 4) is 10.8 Å². The van der Waals surface area contributed by atoms with Crippen LogP contribution in [0.2, 0.25) is 0 Å². The number of nitrogens with zero attached hydrogens (tertiary/aromatic N) is 3. The molecule has 4 aromatic heterocycles. The topological polar surface area (TPSA) is 100 Å². The summed E-state index contributed by atoms with van der Waals surface area (Å²) in [5.41, 5.74) is 1.33. The fraction of sp³-hybridized carbons (Fsp3) is 0.100. The Morgan fingerprint density at radius 1 is 1.21 bits per heavy atom. The third kappa shape index (κ3) is 3.21. The van der Waals surface area contributed by atoms with Crippen LogP contribution in [0.25, 0.3) is 32.8 Å². The van der Waals surface area contributed by atoms with Gasteiger partial charge < -0.3 is 13.6 Å². The van der Waals surface area contributed by atoms with Crippen LogP contribution in [0.1, 0.15) is 5.69 Å². The average Bonchev–Trinajstić information content (AvgIpc) is 3.48. The molecule has 0 aliphatic heterocycles. The molecule has 1 aromatic carbocycles. The molecule has 0 atom stereocenters. The summed E-state index contributed by atoms with van der Waals surface area (Å²) in [4.78, 5) is 33.5. The minimum Gasteiger partial charge on any atom is -0.462 e. The summed E-state index contributed by atoms with van der Waals surface area (Å²) >= 11 is 1.39. The second-order valence-electron chi connectivity index (χ2n) is 6.24. The van der Waals surface area contributed by atoms with E-state index in [9.17, 15) is 9.59 Å². The molecule has 0 bridgehead atoms. The molecule has 8 nitrogen and oxygen atoms in total. The lowest BCUT2D eigenvalue weighted by Crippen LogP contribution is -2.25. The van der Waals surface area contributed by atoms with Gasteiger partial charge in [0.25, 0.3) is 5.56 Å². The van der Waals surface area contributed by atoms with Gasteiger partial charge in [-0.05, 0) is 24.3 Å². The standard InChI is InChI=1S/C20H13N3O5S/c24-16(27-9-12-10-29-19(22-12)15-6-3-7-26-15)8-23-11-21-17-13-4-1-2-5-14(13)28-18(17)20(23)25/h1-7,10-11H,8-9H2. The van der Waals surface area contributed by atoms with Gasteiger partial charge in [0, 0.05) is 10.8 Å². The Bertz CT molecular complexity index is 1380. The second-order valence-corrected chi connectivity index (χ2v) is 7.09. The van der Waals surface area contributed by atoms with E-state index in [0.29, 0.717) is 27.6 Å². The molecule has 5 rings (SSSR count). The Labute approximate surface area is 167 Å². The minimum absolute atomic E-state index is 0.00506. The van der Waals surface area contributed by atoms with Crippen LogP contribution < -0.4 is 5.56 Å². The van der Waals surface area contributed by atoms with Gasteiger partial charge in [-0.1, -0.05) is 12.1 Å². The third-order valence-corrected chi connectivity index (χ3v) is 5.22. The summed E-state index contributed by atoms with van der Waals surface area (Å²) in [5.74, 6) is 0.0845. The van der Waals surface area contributed by atoms with Gasteiger partial charge >= 0.3 is 5.97 Å². The number of carbonyl (C=O) groups excluding carboxylic acids is 1. The number of carbonyl (C=O) groups is 1. The van der Waals surface area contributed by atoms with Crippen LogP contribution in [0, 0.1) is 0 Å². The lowest BCUT2D eigenvalue weighted by Gasteiger charge is -2.05. The number of aromatic nitrogens is 3. The first-order valence-electron chi connectivity index (χ1n) is 8.69. The summed E-state index contributed by atoms with van der Waals surface area (Å²) in [6.07, 6.45) is 2.90. The van der Waals surface area contributed by atoms with E-state index in [0.717, 1.165) is 5.39 Å². The Morgan fingerprint density at radius 2 is 2.10 bits per heavy atom. The van der Waals surface area contributed by atoms with Gasteiger partial charge in [0.05, 0.1) is 18.3 Å². The first-order chi connectivity index (χ1) is 14.2. The van der Waals surface area contributed by atoms with E-state index < -0.39 is 11.5 Å². The van der Waals surface area contributed by atoms with E-state index in [1.54, 1.807) is 23.8 Å². The largest absolute Gasteiger partial charge is 0.462 e. The monoisotopic (exact) mass is 407 g/mol. The van der Waals surface area contributed by atoms with Crippen LogP contribution >= 0.6 is 11.3 Å². The number of benzene rings is 1. The molecular weight excluding hydrogens is 394 g/mol. The summed E-state index contributed by atoms with van der Waals surface area (Å²) in [6, 6.07) is 10.8. The molecule has 4 heterocycles. The lowest BCUT2D eigenvalue weighted by atomic mass is 10.2. The lowest BCUT2D eigenvalue weighted by molar-refractivity contribution is -0.145. The van der Waals surface area contributed by atoms with Gasteiger partial charge in [0.2, 0.25) is 5.58 Å². The van der Waals surface area contributed by atoms with E-state index in [4.69, 9.17) is 13.6 Å². The average molecular weight is 407 g/mol. The molecule has 0 amide bonds. The van der Waals surface area contributed by atoms with Crippen molar-refractivity contribution in [2.75, 3.05) is 0 Å². The van der Waals surface area contributed by atoms with Crippen molar-refractivity contribution in [1.29, 1.82) is 0 Å². The maximum atomic E-state index is 12.6. The molecule has 0 N–H and O–H groups in total. The number of furan rings is 2. The van der Waals surface area contributed by atoms with Gasteiger partial charge in [-0.15, -0.1) is 11.3 Å². The number of hydrogen-bond donors (Lipinski definition) is 0. The Morgan fingerprint density at radius 3 is 2.97 bits per heavy atom.